The van der Waals surface area contributed by atoms with Crippen molar-refractivity contribution in [3.05, 3.63) is 83.7 Å². The van der Waals surface area contributed by atoms with Crippen molar-refractivity contribution in [1.82, 2.24) is 19.6 Å². The van der Waals surface area contributed by atoms with Crippen LogP contribution < -0.4 is 0 Å². The van der Waals surface area contributed by atoms with Crippen LogP contribution in [0.2, 0.25) is 0 Å². The lowest BCUT2D eigenvalue weighted by Gasteiger charge is -2.37. The number of carbonyl (C=O) groups excluding carboxylic acids is 2. The number of carbonyl (C=O) groups is 2. The number of likely N-dealkylation sites (tertiary alicyclic amines) is 1. The molecule has 0 bridgehead atoms. The van der Waals surface area contributed by atoms with Gasteiger partial charge in [0.1, 0.15) is 0 Å². The summed E-state index contributed by atoms with van der Waals surface area (Å²) in [5.41, 5.74) is 3.39. The van der Waals surface area contributed by atoms with E-state index in [2.05, 4.69) is 34.3 Å². The third-order valence-electron chi connectivity index (χ3n) is 5.97. The van der Waals surface area contributed by atoms with Crippen molar-refractivity contribution in [2.45, 2.75) is 39.3 Å². The molecule has 31 heavy (non-hydrogen) atoms. The van der Waals surface area contributed by atoms with Gasteiger partial charge in [-0.05, 0) is 37.5 Å². The number of rotatable bonds is 5. The minimum absolute atomic E-state index is 0.0866. The van der Waals surface area contributed by atoms with E-state index in [0.717, 1.165) is 43.9 Å². The fourth-order valence-electron chi connectivity index (χ4n) is 4.32. The number of hydrogen-bond donors (Lipinski definition) is 0. The molecule has 2 aromatic carbocycles. The summed E-state index contributed by atoms with van der Waals surface area (Å²) in [7, 11) is 0. The van der Waals surface area contributed by atoms with Gasteiger partial charge in [0.05, 0.1) is 23.1 Å². The van der Waals surface area contributed by atoms with Crippen LogP contribution in [0, 0.1) is 6.92 Å². The van der Waals surface area contributed by atoms with Gasteiger partial charge in [-0.3, -0.25) is 19.4 Å². The van der Waals surface area contributed by atoms with Gasteiger partial charge in [-0.1, -0.05) is 48.5 Å². The monoisotopic (exact) mass is 416 g/mol. The van der Waals surface area contributed by atoms with Crippen molar-refractivity contribution in [3.8, 4) is 5.69 Å². The lowest BCUT2D eigenvalue weighted by molar-refractivity contribution is -0.128. The summed E-state index contributed by atoms with van der Waals surface area (Å²) in [6.07, 6.45) is 3.14. The number of imide groups is 1. The fraction of sp³-hybridized carbons (Fsp3) is 0.320. The van der Waals surface area contributed by atoms with Gasteiger partial charge in [0.2, 0.25) is 5.91 Å². The predicted octanol–water partition coefficient (Wildman–Crippen LogP) is 3.83. The highest BCUT2D eigenvalue weighted by molar-refractivity contribution is 6.05. The van der Waals surface area contributed by atoms with Gasteiger partial charge < -0.3 is 0 Å². The molecule has 1 saturated heterocycles. The molecule has 3 aromatic rings. The second-order valence-electron chi connectivity index (χ2n) is 8.08. The van der Waals surface area contributed by atoms with E-state index in [1.807, 2.05) is 43.3 Å². The number of piperidine rings is 1. The van der Waals surface area contributed by atoms with E-state index in [1.54, 1.807) is 10.9 Å². The molecule has 2 heterocycles. The summed E-state index contributed by atoms with van der Waals surface area (Å²) in [5, 5.41) is 4.40. The van der Waals surface area contributed by atoms with E-state index >= 15 is 0 Å². The number of aromatic nitrogens is 2. The molecule has 6 heteroatoms. The number of hydrogen-bond acceptors (Lipinski definition) is 4. The molecule has 1 fully saturated rings. The number of para-hydroxylation sites is 1. The third kappa shape index (κ3) is 4.59. The summed E-state index contributed by atoms with van der Waals surface area (Å²) in [5.74, 6) is -0.466. The van der Waals surface area contributed by atoms with Crippen LogP contribution in [0.3, 0.4) is 0 Å². The molecule has 6 nitrogen and oxygen atoms in total. The molecule has 160 valence electrons. The van der Waals surface area contributed by atoms with Gasteiger partial charge in [-0.25, -0.2) is 4.68 Å². The van der Waals surface area contributed by atoms with Crippen molar-refractivity contribution < 1.29 is 9.59 Å². The summed E-state index contributed by atoms with van der Waals surface area (Å²) in [6, 6.07) is 20.0. The predicted molar refractivity (Wildman–Crippen MR) is 120 cm³/mol. The maximum absolute atomic E-state index is 13.4. The van der Waals surface area contributed by atoms with Crippen LogP contribution in [0.25, 0.3) is 5.69 Å². The fourth-order valence-corrected chi connectivity index (χ4v) is 4.32. The maximum atomic E-state index is 13.4. The Morgan fingerprint density at radius 2 is 1.61 bits per heavy atom. The average molecular weight is 417 g/mol. The standard InChI is InChI=1S/C25H28N4O2/c1-19-24(17-26-29(19)23-11-7-4-8-12-23)25(31)28(20(2)30)22-13-15-27(16-14-22)18-21-9-5-3-6-10-21/h3-12,17,22H,13-16,18H2,1-2H3. The Hall–Kier alpha value is -3.25. The smallest absolute Gasteiger partial charge is 0.264 e. The molecule has 0 saturated carbocycles. The van der Waals surface area contributed by atoms with Crippen molar-refractivity contribution in [2.24, 2.45) is 0 Å². The Balaban J connectivity index is 1.47. The molecule has 0 aliphatic carbocycles. The van der Waals surface area contributed by atoms with E-state index in [-0.39, 0.29) is 17.9 Å². The number of amides is 2. The van der Waals surface area contributed by atoms with E-state index in [0.29, 0.717) is 5.56 Å². The second kappa shape index (κ2) is 9.27. The summed E-state index contributed by atoms with van der Waals surface area (Å²) >= 11 is 0. The van der Waals surface area contributed by atoms with E-state index in [9.17, 15) is 9.59 Å². The quantitative estimate of drug-likeness (QED) is 0.634. The number of nitrogens with zero attached hydrogens (tertiary/aromatic N) is 4. The lowest BCUT2D eigenvalue weighted by atomic mass is 10.0. The maximum Gasteiger partial charge on any atom is 0.264 e. The van der Waals surface area contributed by atoms with Crippen molar-refractivity contribution in [3.63, 3.8) is 0 Å². The van der Waals surface area contributed by atoms with E-state index in [1.165, 1.54) is 17.4 Å². The SMILES string of the molecule is CC(=O)N(C(=O)c1cnn(-c2ccccc2)c1C)C1CCN(Cc2ccccc2)CC1. The highest BCUT2D eigenvalue weighted by Gasteiger charge is 2.33. The molecule has 4 rings (SSSR count). The van der Waals surface area contributed by atoms with E-state index < -0.39 is 0 Å². The first-order valence-electron chi connectivity index (χ1n) is 10.7. The van der Waals surface area contributed by atoms with Crippen LogP contribution in [0.5, 0.6) is 0 Å². The minimum Gasteiger partial charge on any atom is -0.299 e. The average Bonchev–Trinajstić information content (AvgIpc) is 3.17. The van der Waals surface area contributed by atoms with Crippen LogP contribution >= 0.6 is 0 Å². The Kier molecular flexibility index (Phi) is 6.28. The summed E-state index contributed by atoms with van der Waals surface area (Å²) < 4.78 is 1.74. The van der Waals surface area contributed by atoms with Gasteiger partial charge in [-0.15, -0.1) is 0 Å². The van der Waals surface area contributed by atoms with E-state index in [4.69, 9.17) is 0 Å². The Bertz CT molecular complexity index is 1040. The minimum atomic E-state index is -0.256. The molecule has 1 aromatic heterocycles. The molecule has 2 amide bonds. The van der Waals surface area contributed by atoms with Gasteiger partial charge in [0, 0.05) is 32.6 Å². The van der Waals surface area contributed by atoms with Gasteiger partial charge in [0.25, 0.3) is 5.91 Å². The van der Waals surface area contributed by atoms with Gasteiger partial charge in [0.15, 0.2) is 0 Å². The van der Waals surface area contributed by atoms with Gasteiger partial charge >= 0.3 is 0 Å². The Morgan fingerprint density at radius 1 is 1.00 bits per heavy atom. The molecular weight excluding hydrogens is 388 g/mol. The molecule has 0 unspecified atom stereocenters. The largest absolute Gasteiger partial charge is 0.299 e. The molecule has 0 atom stereocenters. The Labute approximate surface area is 183 Å². The molecule has 1 aliphatic rings. The highest BCUT2D eigenvalue weighted by Crippen LogP contribution is 2.23. The molecule has 0 N–H and O–H groups in total. The first kappa shape index (κ1) is 21.0. The first-order chi connectivity index (χ1) is 15.0. The summed E-state index contributed by atoms with van der Waals surface area (Å²) in [4.78, 5) is 29.7. The van der Waals surface area contributed by atoms with Crippen LogP contribution in [0.1, 0.15) is 41.4 Å². The topological polar surface area (TPSA) is 58.4 Å². The zero-order chi connectivity index (χ0) is 21.8. The first-order valence-corrected chi connectivity index (χ1v) is 10.7. The van der Waals surface area contributed by atoms with Crippen LogP contribution in [-0.2, 0) is 11.3 Å². The molecule has 0 radical (unpaired) electrons. The zero-order valence-electron chi connectivity index (χ0n) is 18.1. The Morgan fingerprint density at radius 3 is 2.23 bits per heavy atom. The second-order valence-corrected chi connectivity index (χ2v) is 8.08. The van der Waals surface area contributed by atoms with Gasteiger partial charge in [-0.2, -0.15) is 5.10 Å². The zero-order valence-corrected chi connectivity index (χ0v) is 18.1. The highest BCUT2D eigenvalue weighted by atomic mass is 16.2. The summed E-state index contributed by atoms with van der Waals surface area (Å²) in [6.45, 7) is 5.96. The normalized spacial score (nSPS) is 15.0. The van der Waals surface area contributed by atoms with Crippen LogP contribution in [0.4, 0.5) is 0 Å². The van der Waals surface area contributed by atoms with Crippen molar-refractivity contribution >= 4 is 11.8 Å². The van der Waals surface area contributed by atoms with Crippen LogP contribution in [0.15, 0.2) is 66.9 Å². The molecule has 0 spiro atoms. The molecular formula is C25H28N4O2. The lowest BCUT2D eigenvalue weighted by Crippen LogP contribution is -2.49. The van der Waals surface area contributed by atoms with Crippen molar-refractivity contribution in [1.29, 1.82) is 0 Å². The number of benzene rings is 2. The third-order valence-corrected chi connectivity index (χ3v) is 5.97. The van der Waals surface area contributed by atoms with Crippen LogP contribution in [-0.4, -0.2) is 50.5 Å². The molecule has 1 aliphatic heterocycles. The van der Waals surface area contributed by atoms with Crippen molar-refractivity contribution in [2.75, 3.05) is 13.1 Å².